The van der Waals surface area contributed by atoms with E-state index in [1.165, 1.54) is 10.5 Å². The molecule has 1 heterocycles. The van der Waals surface area contributed by atoms with E-state index in [0.29, 0.717) is 0 Å². The molecule has 17 heavy (non-hydrogen) atoms. The molecule has 0 spiro atoms. The summed E-state index contributed by atoms with van der Waals surface area (Å²) in [5, 5.41) is 0. The van der Waals surface area contributed by atoms with Crippen molar-refractivity contribution in [3.05, 3.63) is 53.3 Å². The largest absolute Gasteiger partial charge is 0.398 e. The molecule has 2 N–H and O–H groups in total. The van der Waals surface area contributed by atoms with Gasteiger partial charge in [-0.25, -0.2) is 0 Å². The average Bonchev–Trinajstić information content (AvgIpc) is 2.33. The maximum atomic E-state index is 5.89. The van der Waals surface area contributed by atoms with Crippen LogP contribution in [0.15, 0.2) is 41.4 Å². The van der Waals surface area contributed by atoms with Crippen molar-refractivity contribution in [2.45, 2.75) is 24.5 Å². The summed E-state index contributed by atoms with van der Waals surface area (Å²) >= 11 is 1.79. The van der Waals surface area contributed by atoms with Gasteiger partial charge in [-0.05, 0) is 43.2 Å². The van der Waals surface area contributed by atoms with Crippen molar-refractivity contribution in [1.29, 1.82) is 0 Å². The smallest absolute Gasteiger partial charge is 0.0535 e. The average molecular weight is 244 g/mol. The van der Waals surface area contributed by atoms with Crippen molar-refractivity contribution in [1.82, 2.24) is 4.98 Å². The van der Waals surface area contributed by atoms with E-state index in [4.69, 9.17) is 5.73 Å². The third kappa shape index (κ3) is 2.80. The highest BCUT2D eigenvalue weighted by Crippen LogP contribution is 2.28. The van der Waals surface area contributed by atoms with Crippen LogP contribution in [0.3, 0.4) is 0 Å². The van der Waals surface area contributed by atoms with Gasteiger partial charge in [0.15, 0.2) is 0 Å². The summed E-state index contributed by atoms with van der Waals surface area (Å²) in [5.74, 6) is 0.886. The van der Waals surface area contributed by atoms with E-state index in [-0.39, 0.29) is 0 Å². The number of pyridine rings is 1. The Hall–Kier alpha value is -1.48. The molecule has 0 radical (unpaired) electrons. The number of hydrogen-bond donors (Lipinski definition) is 1. The second-order valence-electron chi connectivity index (χ2n) is 4.03. The first kappa shape index (κ1) is 12.0. The van der Waals surface area contributed by atoms with E-state index >= 15 is 0 Å². The molecule has 0 fully saturated rings. The number of hydrogen-bond acceptors (Lipinski definition) is 3. The molecule has 0 unspecified atom stereocenters. The number of nitrogens with zero attached hydrogens (tertiary/aromatic N) is 1. The normalized spacial score (nSPS) is 10.5. The van der Waals surface area contributed by atoms with Crippen LogP contribution in [0.25, 0.3) is 0 Å². The predicted octanol–water partition coefficient (Wildman–Crippen LogP) is 3.57. The Labute approximate surface area is 106 Å². The van der Waals surface area contributed by atoms with E-state index in [2.05, 4.69) is 31.0 Å². The van der Waals surface area contributed by atoms with E-state index in [1.807, 2.05) is 24.4 Å². The molecule has 0 aliphatic rings. The highest BCUT2D eigenvalue weighted by atomic mass is 32.2. The van der Waals surface area contributed by atoms with Gasteiger partial charge in [-0.3, -0.25) is 4.98 Å². The molecule has 0 amide bonds. The van der Waals surface area contributed by atoms with Gasteiger partial charge in [0.25, 0.3) is 0 Å². The minimum atomic E-state index is 0.854. The molecule has 0 saturated heterocycles. The summed E-state index contributed by atoms with van der Waals surface area (Å²) in [6, 6.07) is 10.1. The van der Waals surface area contributed by atoms with E-state index < -0.39 is 0 Å². The summed E-state index contributed by atoms with van der Waals surface area (Å²) in [6.07, 6.45) is 1.84. The number of anilines is 1. The van der Waals surface area contributed by atoms with E-state index in [9.17, 15) is 0 Å². The molecular formula is C14H16N2S. The van der Waals surface area contributed by atoms with Crippen LogP contribution in [0.5, 0.6) is 0 Å². The highest BCUT2D eigenvalue weighted by molar-refractivity contribution is 7.98. The van der Waals surface area contributed by atoms with E-state index in [0.717, 1.165) is 22.7 Å². The Morgan fingerprint density at radius 3 is 2.76 bits per heavy atom. The fraction of sp³-hybridized carbons (Fsp3) is 0.214. The Bertz CT molecular complexity index is 523. The van der Waals surface area contributed by atoms with Crippen LogP contribution in [-0.4, -0.2) is 4.98 Å². The molecule has 0 bridgehead atoms. The second-order valence-corrected chi connectivity index (χ2v) is 5.04. The van der Waals surface area contributed by atoms with Crippen LogP contribution in [0.4, 0.5) is 5.69 Å². The topological polar surface area (TPSA) is 38.9 Å². The standard InChI is InChI=1S/C14H16N2S/c1-10-5-4-8-16-13(10)9-17-14-7-3-6-12(15)11(14)2/h3-8H,9,15H2,1-2H3. The van der Waals surface area contributed by atoms with Gasteiger partial charge >= 0.3 is 0 Å². The quantitative estimate of drug-likeness (QED) is 0.662. The zero-order valence-corrected chi connectivity index (χ0v) is 10.9. The van der Waals surface area contributed by atoms with Gasteiger partial charge in [-0.1, -0.05) is 12.1 Å². The molecule has 0 aliphatic heterocycles. The first-order chi connectivity index (χ1) is 8.18. The fourth-order valence-electron chi connectivity index (χ4n) is 1.60. The lowest BCUT2D eigenvalue weighted by atomic mass is 10.2. The van der Waals surface area contributed by atoms with Gasteiger partial charge in [0.05, 0.1) is 5.69 Å². The summed E-state index contributed by atoms with van der Waals surface area (Å²) in [6.45, 7) is 4.15. The highest BCUT2D eigenvalue weighted by Gasteiger charge is 2.04. The van der Waals surface area contributed by atoms with Gasteiger partial charge in [0.2, 0.25) is 0 Å². The van der Waals surface area contributed by atoms with Gasteiger partial charge in [0, 0.05) is 22.5 Å². The minimum Gasteiger partial charge on any atom is -0.398 e. The maximum Gasteiger partial charge on any atom is 0.0535 e. The minimum absolute atomic E-state index is 0.854. The van der Waals surface area contributed by atoms with Gasteiger partial charge in [-0.2, -0.15) is 0 Å². The van der Waals surface area contributed by atoms with Crippen molar-refractivity contribution in [2.75, 3.05) is 5.73 Å². The molecule has 0 saturated carbocycles. The predicted molar refractivity (Wildman–Crippen MR) is 74.1 cm³/mol. The van der Waals surface area contributed by atoms with E-state index in [1.54, 1.807) is 11.8 Å². The number of thioether (sulfide) groups is 1. The lowest BCUT2D eigenvalue weighted by Crippen LogP contribution is -1.93. The maximum absolute atomic E-state index is 5.89. The van der Waals surface area contributed by atoms with Crippen LogP contribution in [0.1, 0.15) is 16.8 Å². The summed E-state index contributed by atoms with van der Waals surface area (Å²) < 4.78 is 0. The zero-order valence-electron chi connectivity index (χ0n) is 10.1. The Balaban J connectivity index is 2.13. The summed E-state index contributed by atoms with van der Waals surface area (Å²) in [4.78, 5) is 5.62. The molecule has 0 atom stereocenters. The molecule has 1 aromatic carbocycles. The molecule has 2 nitrogen and oxygen atoms in total. The molecule has 3 heteroatoms. The van der Waals surface area contributed by atoms with Crippen LogP contribution >= 0.6 is 11.8 Å². The van der Waals surface area contributed by atoms with Crippen LogP contribution in [0, 0.1) is 13.8 Å². The molecule has 0 aliphatic carbocycles. The third-order valence-electron chi connectivity index (χ3n) is 2.81. The van der Waals surface area contributed by atoms with Crippen LogP contribution in [0.2, 0.25) is 0 Å². The van der Waals surface area contributed by atoms with Crippen molar-refractivity contribution >= 4 is 17.4 Å². The fourth-order valence-corrected chi connectivity index (χ4v) is 2.71. The second kappa shape index (κ2) is 5.23. The Kier molecular flexibility index (Phi) is 3.69. The molecule has 2 aromatic rings. The molecule has 2 rings (SSSR count). The lowest BCUT2D eigenvalue weighted by Gasteiger charge is -2.08. The van der Waals surface area contributed by atoms with Crippen molar-refractivity contribution in [2.24, 2.45) is 0 Å². The lowest BCUT2D eigenvalue weighted by molar-refractivity contribution is 1.12. The summed E-state index contributed by atoms with van der Waals surface area (Å²) in [5.41, 5.74) is 10.3. The zero-order chi connectivity index (χ0) is 12.3. The number of nitrogen functional groups attached to an aromatic ring is 1. The van der Waals surface area contributed by atoms with Gasteiger partial charge in [-0.15, -0.1) is 11.8 Å². The van der Waals surface area contributed by atoms with Crippen molar-refractivity contribution in [3.8, 4) is 0 Å². The van der Waals surface area contributed by atoms with Crippen LogP contribution in [-0.2, 0) is 5.75 Å². The number of nitrogens with two attached hydrogens (primary N) is 1. The molecule has 88 valence electrons. The third-order valence-corrected chi connectivity index (χ3v) is 3.98. The van der Waals surface area contributed by atoms with Gasteiger partial charge < -0.3 is 5.73 Å². The summed E-state index contributed by atoms with van der Waals surface area (Å²) in [7, 11) is 0. The molecule has 1 aromatic heterocycles. The number of aryl methyl sites for hydroxylation is 1. The SMILES string of the molecule is Cc1cccnc1CSc1cccc(N)c1C. The Morgan fingerprint density at radius 1 is 1.18 bits per heavy atom. The van der Waals surface area contributed by atoms with Crippen molar-refractivity contribution < 1.29 is 0 Å². The number of rotatable bonds is 3. The van der Waals surface area contributed by atoms with Crippen LogP contribution < -0.4 is 5.73 Å². The van der Waals surface area contributed by atoms with Crippen molar-refractivity contribution in [3.63, 3.8) is 0 Å². The Morgan fingerprint density at radius 2 is 2.00 bits per heavy atom. The first-order valence-corrected chi connectivity index (χ1v) is 6.55. The number of benzene rings is 1. The monoisotopic (exact) mass is 244 g/mol. The number of aromatic nitrogens is 1. The first-order valence-electron chi connectivity index (χ1n) is 5.57. The van der Waals surface area contributed by atoms with Gasteiger partial charge in [0.1, 0.15) is 0 Å². The molecular weight excluding hydrogens is 228 g/mol.